The third-order valence-electron chi connectivity index (χ3n) is 3.04. The van der Waals surface area contributed by atoms with E-state index in [9.17, 15) is 0 Å². The minimum absolute atomic E-state index is 0.304. The monoisotopic (exact) mass is 343 g/mol. The number of imidazole rings is 1. The maximum atomic E-state index is 8.97. The molecule has 1 aromatic carbocycles. The predicted octanol–water partition coefficient (Wildman–Crippen LogP) is 2.65. The Morgan fingerprint density at radius 2 is 2.19 bits per heavy atom. The van der Waals surface area contributed by atoms with Gasteiger partial charge in [-0.05, 0) is 34.1 Å². The molecule has 0 aliphatic heterocycles. The van der Waals surface area contributed by atoms with Gasteiger partial charge in [-0.3, -0.25) is 4.57 Å². The highest BCUT2D eigenvalue weighted by Crippen LogP contribution is 2.30. The van der Waals surface area contributed by atoms with Gasteiger partial charge in [-0.25, -0.2) is 9.97 Å². The number of hydrogen-bond acceptors (Lipinski definition) is 5. The van der Waals surface area contributed by atoms with Gasteiger partial charge in [-0.1, -0.05) is 0 Å². The number of halogens is 1. The molecular weight excluding hydrogens is 334 g/mol. The Morgan fingerprint density at radius 1 is 1.38 bits per heavy atom. The van der Waals surface area contributed by atoms with E-state index in [4.69, 9.17) is 15.7 Å². The fourth-order valence-corrected chi connectivity index (χ4v) is 2.45. The maximum absolute atomic E-state index is 8.97. The number of pyridine rings is 1. The summed E-state index contributed by atoms with van der Waals surface area (Å²) in [6.07, 6.45) is 1.68. The Kier molecular flexibility index (Phi) is 3.23. The number of rotatable bonds is 2. The SMILES string of the molecule is COc1cc(C#N)ccc1-n1c(N)nc2cc(Br)cnc21. The lowest BCUT2D eigenvalue weighted by Crippen LogP contribution is -2.03. The van der Waals surface area contributed by atoms with Crippen LogP contribution in [0.5, 0.6) is 5.75 Å². The number of nitrogens with zero attached hydrogens (tertiary/aromatic N) is 4. The molecule has 0 spiro atoms. The number of nitriles is 1. The van der Waals surface area contributed by atoms with Crippen molar-refractivity contribution in [3.8, 4) is 17.5 Å². The topological polar surface area (TPSA) is 89.8 Å². The third kappa shape index (κ3) is 2.19. The second kappa shape index (κ2) is 5.07. The molecule has 2 N–H and O–H groups in total. The summed E-state index contributed by atoms with van der Waals surface area (Å²) in [6, 6.07) is 9.03. The van der Waals surface area contributed by atoms with Crippen LogP contribution in [0.3, 0.4) is 0 Å². The van der Waals surface area contributed by atoms with Crippen molar-refractivity contribution in [2.24, 2.45) is 0 Å². The Balaban J connectivity index is 2.30. The summed E-state index contributed by atoms with van der Waals surface area (Å²) in [4.78, 5) is 8.64. The third-order valence-corrected chi connectivity index (χ3v) is 3.47. The van der Waals surface area contributed by atoms with Crippen molar-refractivity contribution >= 4 is 33.0 Å². The molecule has 7 heteroatoms. The molecule has 3 aromatic rings. The van der Waals surface area contributed by atoms with Crippen LogP contribution in [0.2, 0.25) is 0 Å². The number of anilines is 1. The molecule has 6 nitrogen and oxygen atoms in total. The first-order valence-electron chi connectivity index (χ1n) is 6.02. The second-order valence-electron chi connectivity index (χ2n) is 4.30. The Morgan fingerprint density at radius 3 is 2.90 bits per heavy atom. The average molecular weight is 344 g/mol. The molecule has 0 saturated heterocycles. The van der Waals surface area contributed by atoms with Gasteiger partial charge in [0.15, 0.2) is 5.65 Å². The van der Waals surface area contributed by atoms with Gasteiger partial charge in [0.1, 0.15) is 11.3 Å². The van der Waals surface area contributed by atoms with Crippen LogP contribution in [0.4, 0.5) is 5.95 Å². The molecular formula is C14H10BrN5O. The minimum Gasteiger partial charge on any atom is -0.495 e. The van der Waals surface area contributed by atoms with E-state index in [1.165, 1.54) is 0 Å². The molecule has 21 heavy (non-hydrogen) atoms. The van der Waals surface area contributed by atoms with Gasteiger partial charge in [-0.15, -0.1) is 0 Å². The lowest BCUT2D eigenvalue weighted by atomic mass is 10.2. The maximum Gasteiger partial charge on any atom is 0.207 e. The van der Waals surface area contributed by atoms with E-state index in [1.54, 1.807) is 36.1 Å². The van der Waals surface area contributed by atoms with Crippen LogP contribution < -0.4 is 10.5 Å². The Bertz CT molecular complexity index is 881. The van der Waals surface area contributed by atoms with Gasteiger partial charge in [0, 0.05) is 16.7 Å². The van der Waals surface area contributed by atoms with E-state index in [0.29, 0.717) is 34.1 Å². The first-order valence-corrected chi connectivity index (χ1v) is 6.81. The van der Waals surface area contributed by atoms with Crippen LogP contribution in [0.25, 0.3) is 16.9 Å². The molecule has 0 radical (unpaired) electrons. The lowest BCUT2D eigenvalue weighted by Gasteiger charge is -2.11. The van der Waals surface area contributed by atoms with Gasteiger partial charge in [0.2, 0.25) is 5.95 Å². The zero-order valence-corrected chi connectivity index (χ0v) is 12.6. The van der Waals surface area contributed by atoms with Gasteiger partial charge in [0.05, 0.1) is 24.4 Å². The average Bonchev–Trinajstić information content (AvgIpc) is 2.81. The number of benzene rings is 1. The molecule has 2 aromatic heterocycles. The smallest absolute Gasteiger partial charge is 0.207 e. The summed E-state index contributed by atoms with van der Waals surface area (Å²) in [5.74, 6) is 0.836. The first kappa shape index (κ1) is 13.4. The van der Waals surface area contributed by atoms with Crippen molar-refractivity contribution in [2.75, 3.05) is 12.8 Å². The number of ether oxygens (including phenoxy) is 1. The number of hydrogen-bond donors (Lipinski definition) is 1. The predicted molar refractivity (Wildman–Crippen MR) is 82.2 cm³/mol. The molecule has 0 amide bonds. The number of fused-ring (bicyclic) bond motifs is 1. The zero-order valence-electron chi connectivity index (χ0n) is 11.0. The summed E-state index contributed by atoms with van der Waals surface area (Å²) in [5.41, 5.74) is 8.50. The molecule has 0 unspecified atom stereocenters. The fraction of sp³-hybridized carbons (Fsp3) is 0.0714. The molecule has 104 valence electrons. The van der Waals surface area contributed by atoms with E-state index in [-0.39, 0.29) is 0 Å². The lowest BCUT2D eigenvalue weighted by molar-refractivity contribution is 0.413. The van der Waals surface area contributed by atoms with Gasteiger partial charge in [-0.2, -0.15) is 5.26 Å². The minimum atomic E-state index is 0.304. The molecule has 2 heterocycles. The van der Waals surface area contributed by atoms with Crippen molar-refractivity contribution < 1.29 is 4.74 Å². The van der Waals surface area contributed by atoms with Crippen molar-refractivity contribution in [3.05, 3.63) is 40.5 Å². The molecule has 0 aliphatic rings. The van der Waals surface area contributed by atoms with Crippen LogP contribution in [0.15, 0.2) is 34.9 Å². The van der Waals surface area contributed by atoms with Crippen molar-refractivity contribution in [1.82, 2.24) is 14.5 Å². The highest BCUT2D eigenvalue weighted by molar-refractivity contribution is 9.10. The number of methoxy groups -OCH3 is 1. The number of aromatic nitrogens is 3. The molecule has 0 fully saturated rings. The van der Waals surface area contributed by atoms with Gasteiger partial charge < -0.3 is 10.5 Å². The normalized spacial score (nSPS) is 10.5. The summed E-state index contributed by atoms with van der Waals surface area (Å²) < 4.78 is 7.87. The zero-order chi connectivity index (χ0) is 15.0. The molecule has 3 rings (SSSR count). The van der Waals surface area contributed by atoms with Crippen molar-refractivity contribution in [3.63, 3.8) is 0 Å². The molecule has 0 aliphatic carbocycles. The largest absolute Gasteiger partial charge is 0.495 e. The highest BCUT2D eigenvalue weighted by atomic mass is 79.9. The Labute approximate surface area is 128 Å². The van der Waals surface area contributed by atoms with Gasteiger partial charge in [0.25, 0.3) is 0 Å². The summed E-state index contributed by atoms with van der Waals surface area (Å²) >= 11 is 3.36. The summed E-state index contributed by atoms with van der Waals surface area (Å²) in [7, 11) is 1.54. The van der Waals surface area contributed by atoms with E-state index >= 15 is 0 Å². The van der Waals surface area contributed by atoms with Crippen LogP contribution in [0, 0.1) is 11.3 Å². The molecule has 0 bridgehead atoms. The van der Waals surface area contributed by atoms with Crippen molar-refractivity contribution in [2.45, 2.75) is 0 Å². The van der Waals surface area contributed by atoms with Crippen LogP contribution in [-0.2, 0) is 0 Å². The van der Waals surface area contributed by atoms with Crippen molar-refractivity contribution in [1.29, 1.82) is 5.26 Å². The standard InChI is InChI=1S/C14H10BrN5O/c1-21-12-4-8(6-16)2-3-11(12)20-13-10(19-14(20)17)5-9(15)7-18-13/h2-5,7H,1H3,(H2,17,19). The van der Waals surface area contributed by atoms with E-state index in [0.717, 1.165) is 4.47 Å². The first-order chi connectivity index (χ1) is 10.1. The quantitative estimate of drug-likeness (QED) is 0.772. The number of nitrogens with two attached hydrogens (primary N) is 1. The summed E-state index contributed by atoms with van der Waals surface area (Å²) in [6.45, 7) is 0. The Hall–Kier alpha value is -2.59. The van der Waals surface area contributed by atoms with Crippen LogP contribution in [-0.4, -0.2) is 21.6 Å². The molecule has 0 saturated carbocycles. The van der Waals surface area contributed by atoms with Gasteiger partial charge >= 0.3 is 0 Å². The highest BCUT2D eigenvalue weighted by Gasteiger charge is 2.15. The van der Waals surface area contributed by atoms with E-state index in [2.05, 4.69) is 32.0 Å². The molecule has 0 atom stereocenters. The van der Waals surface area contributed by atoms with Crippen LogP contribution in [0.1, 0.15) is 5.56 Å². The summed E-state index contributed by atoms with van der Waals surface area (Å²) in [5, 5.41) is 8.97. The van der Waals surface area contributed by atoms with Crippen LogP contribution >= 0.6 is 15.9 Å². The number of nitrogen functional groups attached to an aromatic ring is 1. The second-order valence-corrected chi connectivity index (χ2v) is 5.22. The fourth-order valence-electron chi connectivity index (χ4n) is 2.13. The van der Waals surface area contributed by atoms with E-state index in [1.807, 2.05) is 6.07 Å². The van der Waals surface area contributed by atoms with E-state index < -0.39 is 0 Å².